The summed E-state index contributed by atoms with van der Waals surface area (Å²) in [4.78, 5) is 0. The minimum absolute atomic E-state index is 1.06. The maximum Gasteiger partial charge on any atom is -0.0409 e. The molecule has 0 heteroatoms. The molecule has 0 aliphatic heterocycles. The van der Waals surface area contributed by atoms with E-state index in [0.29, 0.717) is 0 Å². The first-order chi connectivity index (χ1) is 33.6. The Balaban J connectivity index is 0.000000105. The fourth-order valence-electron chi connectivity index (χ4n) is 18.6. The van der Waals surface area contributed by atoms with Crippen molar-refractivity contribution in [2.45, 2.75) is 341 Å². The SMILES string of the molecule is C1CC2CC1C2.C1CC2CCC(C1)C2.C1CC2CCC(C1)CC2.C1CC2CCC1C2.C1CC2CCC1CC2.C1CC2CCCC(C1)C2.C1CC2CCCC(C1)CC2.CCC1CCCCCCCC1. The van der Waals surface area contributed by atoms with Crippen LogP contribution in [0.25, 0.3) is 0 Å². The van der Waals surface area contributed by atoms with Gasteiger partial charge in [0.2, 0.25) is 0 Å². The van der Waals surface area contributed by atoms with Gasteiger partial charge in [0, 0.05) is 0 Å². The van der Waals surface area contributed by atoms with E-state index in [9.17, 15) is 0 Å². The number of rotatable bonds is 1. The molecule has 0 saturated heterocycles. The Morgan fingerprint density at radius 3 is 0.574 bits per heavy atom. The van der Waals surface area contributed by atoms with Gasteiger partial charge in [0.25, 0.3) is 0 Å². The van der Waals surface area contributed by atoms with E-state index in [1.54, 1.807) is 238 Å². The van der Waals surface area contributed by atoms with Crippen LogP contribution in [0.15, 0.2) is 0 Å². The van der Waals surface area contributed by atoms with Crippen molar-refractivity contribution in [2.24, 2.45) is 88.8 Å². The Morgan fingerprint density at radius 1 is 0.162 bits per heavy atom. The molecule has 0 heterocycles. The van der Waals surface area contributed by atoms with Crippen LogP contribution in [0.2, 0.25) is 0 Å². The number of hydrogen-bond donors (Lipinski definition) is 0. The Morgan fingerprint density at radius 2 is 0.338 bits per heavy atom. The van der Waals surface area contributed by atoms with Crippen molar-refractivity contribution in [3.63, 3.8) is 0 Å². The highest BCUT2D eigenvalue weighted by molar-refractivity contribution is 4.87. The lowest BCUT2D eigenvalue weighted by molar-refractivity contribution is 0.176. The second-order valence-corrected chi connectivity index (χ2v) is 28.6. The van der Waals surface area contributed by atoms with Crippen LogP contribution in [0.5, 0.6) is 0 Å². The predicted molar refractivity (Wildman–Crippen MR) is 298 cm³/mol. The van der Waals surface area contributed by atoms with Crippen LogP contribution in [0, 0.1) is 88.8 Å². The second-order valence-electron chi connectivity index (χ2n) is 28.6. The zero-order valence-electron chi connectivity index (χ0n) is 46.4. The van der Waals surface area contributed by atoms with Gasteiger partial charge in [-0.3, -0.25) is 0 Å². The normalized spacial score (nSPS) is 41.2. The van der Waals surface area contributed by atoms with Gasteiger partial charge >= 0.3 is 0 Å². The van der Waals surface area contributed by atoms with E-state index < -0.39 is 0 Å². The van der Waals surface area contributed by atoms with Crippen molar-refractivity contribution < 1.29 is 0 Å². The lowest BCUT2D eigenvalue weighted by Gasteiger charge is -2.35. The smallest absolute Gasteiger partial charge is 0.0409 e. The molecule has 18 saturated carbocycles. The van der Waals surface area contributed by atoms with E-state index in [2.05, 4.69) is 6.92 Å². The molecule has 0 spiro atoms. The van der Waals surface area contributed by atoms with Gasteiger partial charge in [-0.1, -0.05) is 309 Å². The molecule has 394 valence electrons. The molecule has 2 unspecified atom stereocenters. The van der Waals surface area contributed by atoms with E-state index in [1.165, 1.54) is 120 Å². The van der Waals surface area contributed by atoms with Crippen LogP contribution in [0.4, 0.5) is 0 Å². The van der Waals surface area contributed by atoms with Crippen molar-refractivity contribution in [2.75, 3.05) is 0 Å². The van der Waals surface area contributed by atoms with Gasteiger partial charge < -0.3 is 0 Å². The van der Waals surface area contributed by atoms with Crippen molar-refractivity contribution >= 4 is 0 Å². The van der Waals surface area contributed by atoms with Crippen LogP contribution < -0.4 is 0 Å². The molecule has 2 atom stereocenters. The fraction of sp³-hybridized carbons (Fsp3) is 1.00. The third-order valence-electron chi connectivity index (χ3n) is 23.6. The summed E-state index contributed by atoms with van der Waals surface area (Å²) >= 11 is 0. The molecule has 18 rings (SSSR count). The molecule has 18 aliphatic carbocycles. The topological polar surface area (TPSA) is 0 Å². The molecule has 0 aromatic heterocycles. The summed E-state index contributed by atoms with van der Waals surface area (Å²) in [5.41, 5.74) is 0. The largest absolute Gasteiger partial charge is 0.0651 e. The standard InChI is InChI=1S/C11H22.C10H18.2C9H16.2C8H14.C7H12.C6H10/c1-2-11-9-7-5-3-4-6-8-10-11;1-3-9-5-2-6-10(4-1)8-7-9;1-3-8-5-2-6-9(4-1)7-8;1-2-8-4-6-9(3-1)7-5-8;1-2-8-5-3-7(1)4-6-8;1-2-7-4-5-8(3-1)6-7;1-2-7-4-3-6(1)5-7;1-2-6-3-5(1)4-6/h11H,2-10H2,1H3;9-10H,1-8H2;2*8-9H,1-7H2;2*7-8H,1-6H2;6-7H,1-5H2;5-6H,1-4H2. The molecular formula is C68H122. The molecule has 0 aromatic rings. The monoisotopic (exact) mass is 939 g/mol. The summed E-state index contributed by atoms with van der Waals surface area (Å²) in [5, 5.41) is 0. The highest BCUT2D eigenvalue weighted by atomic mass is 14.4. The molecule has 0 amide bonds. The van der Waals surface area contributed by atoms with Crippen LogP contribution >= 0.6 is 0 Å². The first-order valence-corrected chi connectivity index (χ1v) is 33.6. The Labute approximate surface area is 427 Å². The third kappa shape index (κ3) is 19.7. The quantitative estimate of drug-likeness (QED) is 0.246. The maximum atomic E-state index is 2.35. The Kier molecular flexibility index (Phi) is 24.8. The summed E-state index contributed by atoms with van der Waals surface area (Å²) < 4.78 is 0. The average Bonchev–Trinajstić information content (AvgIpc) is 4.20. The van der Waals surface area contributed by atoms with Gasteiger partial charge in [-0.2, -0.15) is 0 Å². The number of hydrogen-bond acceptors (Lipinski definition) is 0. The predicted octanol–water partition coefficient (Wildman–Crippen LogP) is 22.6. The van der Waals surface area contributed by atoms with Crippen molar-refractivity contribution in [1.82, 2.24) is 0 Å². The summed E-state index contributed by atoms with van der Waals surface area (Å²) in [6.45, 7) is 2.35. The van der Waals surface area contributed by atoms with E-state index >= 15 is 0 Å². The first kappa shape index (κ1) is 54.3. The van der Waals surface area contributed by atoms with Crippen molar-refractivity contribution in [3.05, 3.63) is 0 Å². The van der Waals surface area contributed by atoms with Crippen LogP contribution in [-0.4, -0.2) is 0 Å². The van der Waals surface area contributed by atoms with Crippen LogP contribution in [0.3, 0.4) is 0 Å². The third-order valence-corrected chi connectivity index (χ3v) is 23.6. The van der Waals surface area contributed by atoms with Gasteiger partial charge in [-0.25, -0.2) is 0 Å². The van der Waals surface area contributed by atoms with Gasteiger partial charge in [0.1, 0.15) is 0 Å². The number of fused-ring (bicyclic) bond motifs is 17. The summed E-state index contributed by atoms with van der Waals surface area (Å²) in [5.74, 6) is 17.3. The molecule has 0 N–H and O–H groups in total. The minimum atomic E-state index is 1.06. The Bertz CT molecular complexity index is 1110. The molecular weight excluding hydrogens is 817 g/mol. The lowest BCUT2D eigenvalue weighted by atomic mass is 9.71. The van der Waals surface area contributed by atoms with Gasteiger partial charge in [-0.05, 0) is 121 Å². The summed E-state index contributed by atoms with van der Waals surface area (Å²) in [6.07, 6.45) is 80.4. The van der Waals surface area contributed by atoms with Gasteiger partial charge in [0.15, 0.2) is 0 Å². The van der Waals surface area contributed by atoms with Gasteiger partial charge in [0.05, 0.1) is 0 Å². The summed E-state index contributed by atoms with van der Waals surface area (Å²) in [7, 11) is 0. The highest BCUT2D eigenvalue weighted by Crippen LogP contribution is 2.48. The molecule has 0 nitrogen and oxygen atoms in total. The van der Waals surface area contributed by atoms with Crippen molar-refractivity contribution in [1.29, 1.82) is 0 Å². The molecule has 0 aromatic carbocycles. The van der Waals surface area contributed by atoms with Crippen LogP contribution in [0.1, 0.15) is 341 Å². The zero-order chi connectivity index (χ0) is 46.4. The minimum Gasteiger partial charge on any atom is -0.0651 e. The molecule has 18 aliphatic rings. The molecule has 68 heavy (non-hydrogen) atoms. The van der Waals surface area contributed by atoms with Crippen molar-refractivity contribution in [3.8, 4) is 0 Å². The Hall–Kier alpha value is 0. The highest BCUT2D eigenvalue weighted by Gasteiger charge is 2.36. The second kappa shape index (κ2) is 31.0. The molecule has 14 bridgehead atoms. The molecule has 0 radical (unpaired) electrons. The first-order valence-electron chi connectivity index (χ1n) is 33.6. The summed E-state index contributed by atoms with van der Waals surface area (Å²) in [6, 6.07) is 0. The van der Waals surface area contributed by atoms with E-state index in [4.69, 9.17) is 0 Å². The molecule has 18 fully saturated rings. The zero-order valence-corrected chi connectivity index (χ0v) is 46.4. The lowest BCUT2D eigenvalue weighted by Crippen LogP contribution is -2.21. The average molecular weight is 940 g/mol. The maximum absolute atomic E-state index is 2.35. The van der Waals surface area contributed by atoms with Gasteiger partial charge in [-0.15, -0.1) is 0 Å². The van der Waals surface area contributed by atoms with E-state index in [0.717, 1.165) is 65.1 Å². The van der Waals surface area contributed by atoms with E-state index in [1.807, 2.05) is 0 Å². The fourth-order valence-corrected chi connectivity index (χ4v) is 18.6. The van der Waals surface area contributed by atoms with E-state index in [-0.39, 0.29) is 0 Å². The van der Waals surface area contributed by atoms with Crippen LogP contribution in [-0.2, 0) is 0 Å².